The minimum absolute atomic E-state index is 0.362. The summed E-state index contributed by atoms with van der Waals surface area (Å²) in [6, 6.07) is 0.650. The average molecular weight is 241 g/mol. The molecule has 2 rings (SSSR count). The van der Waals surface area contributed by atoms with Crippen molar-refractivity contribution in [2.75, 3.05) is 33.4 Å². The Kier molecular flexibility index (Phi) is 4.45. The minimum atomic E-state index is 0.362. The van der Waals surface area contributed by atoms with Crippen LogP contribution in [-0.4, -0.2) is 50.5 Å². The minimum Gasteiger partial charge on any atom is -0.383 e. The molecule has 2 aliphatic rings. The van der Waals surface area contributed by atoms with Crippen LogP contribution < -0.4 is 0 Å². The molecule has 0 unspecified atom stereocenters. The summed E-state index contributed by atoms with van der Waals surface area (Å²) < 4.78 is 11.1. The molecule has 0 N–H and O–H groups in total. The first-order chi connectivity index (χ1) is 8.15. The second kappa shape index (κ2) is 5.68. The van der Waals surface area contributed by atoms with Crippen molar-refractivity contribution in [3.05, 3.63) is 0 Å². The van der Waals surface area contributed by atoms with Gasteiger partial charge in [-0.05, 0) is 46.1 Å². The van der Waals surface area contributed by atoms with Crippen molar-refractivity contribution in [3.8, 4) is 0 Å². The first-order valence-corrected chi connectivity index (χ1v) is 7.00. The molecule has 0 amide bonds. The van der Waals surface area contributed by atoms with E-state index in [-0.39, 0.29) is 0 Å². The number of hydrogen-bond donors (Lipinski definition) is 0. The van der Waals surface area contributed by atoms with Crippen LogP contribution in [0.5, 0.6) is 0 Å². The second-order valence-electron chi connectivity index (χ2n) is 6.08. The van der Waals surface area contributed by atoms with E-state index in [1.165, 1.54) is 38.8 Å². The lowest BCUT2D eigenvalue weighted by atomic mass is 10.1. The number of likely N-dealkylation sites (tertiary alicyclic amines) is 1. The van der Waals surface area contributed by atoms with Crippen LogP contribution in [0.2, 0.25) is 0 Å². The lowest BCUT2D eigenvalue weighted by Gasteiger charge is -2.29. The van der Waals surface area contributed by atoms with Crippen molar-refractivity contribution in [3.63, 3.8) is 0 Å². The van der Waals surface area contributed by atoms with Crippen LogP contribution >= 0.6 is 0 Å². The van der Waals surface area contributed by atoms with Crippen LogP contribution in [0.1, 0.15) is 39.5 Å². The molecule has 3 heteroatoms. The first-order valence-electron chi connectivity index (χ1n) is 7.00. The predicted molar refractivity (Wildman–Crippen MR) is 69.2 cm³/mol. The zero-order chi connectivity index (χ0) is 12.3. The van der Waals surface area contributed by atoms with Crippen molar-refractivity contribution in [2.45, 2.75) is 51.7 Å². The zero-order valence-corrected chi connectivity index (χ0v) is 11.6. The number of nitrogens with zero attached hydrogens (tertiary/aromatic N) is 1. The number of ether oxygens (including phenoxy) is 2. The first kappa shape index (κ1) is 13.3. The van der Waals surface area contributed by atoms with Gasteiger partial charge in [0.2, 0.25) is 0 Å². The summed E-state index contributed by atoms with van der Waals surface area (Å²) in [6.45, 7) is 8.55. The SMILES string of the molecule is COC[C@H]1CCCN1CC1(COC(C)C)CC1. The summed E-state index contributed by atoms with van der Waals surface area (Å²) in [6.07, 6.45) is 5.68. The van der Waals surface area contributed by atoms with E-state index in [0.29, 0.717) is 17.6 Å². The molecule has 0 bridgehead atoms. The van der Waals surface area contributed by atoms with Gasteiger partial charge in [-0.25, -0.2) is 0 Å². The van der Waals surface area contributed by atoms with Gasteiger partial charge in [0.25, 0.3) is 0 Å². The van der Waals surface area contributed by atoms with E-state index in [1.807, 2.05) is 7.11 Å². The van der Waals surface area contributed by atoms with Gasteiger partial charge >= 0.3 is 0 Å². The van der Waals surface area contributed by atoms with Gasteiger partial charge in [0.15, 0.2) is 0 Å². The third-order valence-corrected chi connectivity index (χ3v) is 4.08. The van der Waals surface area contributed by atoms with Gasteiger partial charge in [-0.3, -0.25) is 4.90 Å². The quantitative estimate of drug-likeness (QED) is 0.682. The third kappa shape index (κ3) is 3.67. The van der Waals surface area contributed by atoms with Gasteiger partial charge in [0, 0.05) is 25.1 Å². The monoisotopic (exact) mass is 241 g/mol. The Morgan fingerprint density at radius 2 is 2.12 bits per heavy atom. The third-order valence-electron chi connectivity index (χ3n) is 4.08. The van der Waals surface area contributed by atoms with E-state index < -0.39 is 0 Å². The fourth-order valence-electron chi connectivity index (χ4n) is 2.78. The average Bonchev–Trinajstić information content (AvgIpc) is 2.92. The fraction of sp³-hybridized carbons (Fsp3) is 1.00. The van der Waals surface area contributed by atoms with E-state index >= 15 is 0 Å². The van der Waals surface area contributed by atoms with Gasteiger partial charge in [0.05, 0.1) is 19.3 Å². The lowest BCUT2D eigenvalue weighted by Crippen LogP contribution is -2.38. The van der Waals surface area contributed by atoms with Gasteiger partial charge in [-0.2, -0.15) is 0 Å². The summed E-state index contributed by atoms with van der Waals surface area (Å²) in [7, 11) is 1.81. The van der Waals surface area contributed by atoms with Crippen molar-refractivity contribution in [1.82, 2.24) is 4.90 Å². The Hall–Kier alpha value is -0.120. The van der Waals surface area contributed by atoms with Gasteiger partial charge in [0.1, 0.15) is 0 Å². The zero-order valence-electron chi connectivity index (χ0n) is 11.6. The van der Waals surface area contributed by atoms with Crippen LogP contribution in [0.3, 0.4) is 0 Å². The largest absolute Gasteiger partial charge is 0.383 e. The highest BCUT2D eigenvalue weighted by Gasteiger charge is 2.45. The van der Waals surface area contributed by atoms with Crippen molar-refractivity contribution in [2.24, 2.45) is 5.41 Å². The lowest BCUT2D eigenvalue weighted by molar-refractivity contribution is 0.0236. The van der Waals surface area contributed by atoms with Crippen molar-refractivity contribution < 1.29 is 9.47 Å². The second-order valence-corrected chi connectivity index (χ2v) is 6.08. The summed E-state index contributed by atoms with van der Waals surface area (Å²) in [5, 5.41) is 0. The van der Waals surface area contributed by atoms with Crippen molar-refractivity contribution in [1.29, 1.82) is 0 Å². The molecule has 1 aliphatic heterocycles. The smallest absolute Gasteiger partial charge is 0.0618 e. The highest BCUT2D eigenvalue weighted by molar-refractivity contribution is 4.97. The van der Waals surface area contributed by atoms with Gasteiger partial charge < -0.3 is 9.47 Å². The molecule has 100 valence electrons. The van der Waals surface area contributed by atoms with Gasteiger partial charge in [-0.1, -0.05) is 0 Å². The van der Waals surface area contributed by atoms with E-state index in [0.717, 1.165) is 13.2 Å². The van der Waals surface area contributed by atoms with E-state index in [2.05, 4.69) is 18.7 Å². The fourth-order valence-corrected chi connectivity index (χ4v) is 2.78. The Balaban J connectivity index is 1.79. The van der Waals surface area contributed by atoms with Crippen molar-refractivity contribution >= 4 is 0 Å². The molecule has 0 radical (unpaired) electrons. The molecular formula is C14H27NO2. The molecule has 1 atom stereocenters. The number of rotatable bonds is 7. The van der Waals surface area contributed by atoms with Crippen LogP contribution in [0.25, 0.3) is 0 Å². The van der Waals surface area contributed by atoms with E-state index in [1.54, 1.807) is 0 Å². The molecule has 0 aromatic carbocycles. The van der Waals surface area contributed by atoms with E-state index in [4.69, 9.17) is 9.47 Å². The number of methoxy groups -OCH3 is 1. The molecule has 17 heavy (non-hydrogen) atoms. The molecule has 2 fully saturated rings. The van der Waals surface area contributed by atoms with Gasteiger partial charge in [-0.15, -0.1) is 0 Å². The topological polar surface area (TPSA) is 21.7 Å². The Morgan fingerprint density at radius 1 is 1.35 bits per heavy atom. The van der Waals surface area contributed by atoms with E-state index in [9.17, 15) is 0 Å². The summed E-state index contributed by atoms with van der Waals surface area (Å²) in [4.78, 5) is 2.63. The van der Waals surface area contributed by atoms with Crippen LogP contribution in [0.15, 0.2) is 0 Å². The summed E-state index contributed by atoms with van der Waals surface area (Å²) in [5.41, 5.74) is 0.473. The Labute approximate surface area is 105 Å². The normalized spacial score (nSPS) is 27.9. The molecule has 1 saturated carbocycles. The maximum absolute atomic E-state index is 5.82. The standard InChI is InChI=1S/C14H27NO2/c1-12(2)17-11-14(6-7-14)10-15-8-4-5-13(15)9-16-3/h12-13H,4-11H2,1-3H3/t13-/m1/s1. The summed E-state index contributed by atoms with van der Waals surface area (Å²) >= 11 is 0. The predicted octanol–water partition coefficient (Wildman–Crippen LogP) is 2.30. The maximum Gasteiger partial charge on any atom is 0.0618 e. The molecule has 1 heterocycles. The highest BCUT2D eigenvalue weighted by atomic mass is 16.5. The molecule has 0 aromatic rings. The van der Waals surface area contributed by atoms with Crippen LogP contribution in [0, 0.1) is 5.41 Å². The Morgan fingerprint density at radius 3 is 2.71 bits per heavy atom. The molecule has 3 nitrogen and oxygen atoms in total. The molecule has 0 spiro atoms. The number of hydrogen-bond acceptors (Lipinski definition) is 3. The molecule has 1 aliphatic carbocycles. The molecule has 1 saturated heterocycles. The molecular weight excluding hydrogens is 214 g/mol. The van der Waals surface area contributed by atoms with Crippen LogP contribution in [0.4, 0.5) is 0 Å². The summed E-state index contributed by atoms with van der Waals surface area (Å²) in [5.74, 6) is 0. The van der Waals surface area contributed by atoms with Crippen LogP contribution in [-0.2, 0) is 9.47 Å². The highest BCUT2D eigenvalue weighted by Crippen LogP contribution is 2.47. The maximum atomic E-state index is 5.82. The Bertz CT molecular complexity index is 238. The molecule has 0 aromatic heterocycles.